The smallest absolute Gasteiger partial charge is 0.341 e. The molecule has 0 saturated carbocycles. The molecule has 2 aromatic rings. The summed E-state index contributed by atoms with van der Waals surface area (Å²) in [7, 11) is 1.30. The van der Waals surface area contributed by atoms with Gasteiger partial charge in [0, 0.05) is 0 Å². The molecule has 0 amide bonds. The second-order valence-electron chi connectivity index (χ2n) is 4.21. The van der Waals surface area contributed by atoms with Crippen molar-refractivity contribution in [2.24, 2.45) is 0 Å². The van der Waals surface area contributed by atoms with E-state index < -0.39 is 5.97 Å². The van der Waals surface area contributed by atoms with Gasteiger partial charge >= 0.3 is 5.97 Å². The van der Waals surface area contributed by atoms with Crippen LogP contribution in [0.2, 0.25) is 0 Å². The zero-order chi connectivity index (χ0) is 14.5. The van der Waals surface area contributed by atoms with Crippen LogP contribution >= 0.6 is 0 Å². The Morgan fingerprint density at radius 3 is 2.95 bits per heavy atom. The first kappa shape index (κ1) is 13.9. The van der Waals surface area contributed by atoms with Gasteiger partial charge in [-0.25, -0.2) is 9.31 Å². The van der Waals surface area contributed by atoms with Gasteiger partial charge in [-0.15, -0.1) is 0 Å². The SMILES string of the molecule is CCCCOc1ccc2c(C(=O)OC)cnn2c1C#N. The van der Waals surface area contributed by atoms with Crippen LogP contribution in [0.15, 0.2) is 18.3 Å². The van der Waals surface area contributed by atoms with Crippen molar-refractivity contribution < 1.29 is 14.3 Å². The van der Waals surface area contributed by atoms with Gasteiger partial charge in [-0.05, 0) is 18.6 Å². The van der Waals surface area contributed by atoms with Crippen molar-refractivity contribution in [3.05, 3.63) is 29.6 Å². The van der Waals surface area contributed by atoms with E-state index in [2.05, 4.69) is 22.8 Å². The first-order chi connectivity index (χ1) is 9.72. The van der Waals surface area contributed by atoms with Crippen molar-refractivity contribution >= 4 is 11.5 Å². The largest absolute Gasteiger partial charge is 0.491 e. The Morgan fingerprint density at radius 1 is 1.50 bits per heavy atom. The molecule has 0 aliphatic carbocycles. The number of fused-ring (bicyclic) bond motifs is 1. The summed E-state index contributed by atoms with van der Waals surface area (Å²) < 4.78 is 11.6. The summed E-state index contributed by atoms with van der Waals surface area (Å²) in [6.07, 6.45) is 3.31. The third kappa shape index (κ3) is 2.43. The molecule has 0 N–H and O–H groups in total. The minimum Gasteiger partial charge on any atom is -0.491 e. The van der Waals surface area contributed by atoms with Gasteiger partial charge in [0.05, 0.1) is 25.4 Å². The van der Waals surface area contributed by atoms with Crippen LogP contribution in [0, 0.1) is 11.3 Å². The first-order valence-electron chi connectivity index (χ1n) is 6.34. The number of rotatable bonds is 5. The van der Waals surface area contributed by atoms with Crippen LogP contribution in [0.3, 0.4) is 0 Å². The molecule has 2 heterocycles. The molecule has 0 aromatic carbocycles. The predicted octanol–water partition coefficient (Wildman–Crippen LogP) is 2.17. The molecule has 0 aliphatic heterocycles. The first-order valence-corrected chi connectivity index (χ1v) is 6.34. The van der Waals surface area contributed by atoms with E-state index in [1.165, 1.54) is 17.8 Å². The Hall–Kier alpha value is -2.55. The number of unbranched alkanes of at least 4 members (excludes halogenated alkanes) is 1. The van der Waals surface area contributed by atoms with Crippen molar-refractivity contribution in [2.75, 3.05) is 13.7 Å². The van der Waals surface area contributed by atoms with E-state index in [-0.39, 0.29) is 5.69 Å². The van der Waals surface area contributed by atoms with Crippen molar-refractivity contribution in [2.45, 2.75) is 19.8 Å². The number of nitriles is 1. The summed E-state index contributed by atoms with van der Waals surface area (Å²) in [5, 5.41) is 13.3. The van der Waals surface area contributed by atoms with Crippen LogP contribution in [0.5, 0.6) is 5.75 Å². The third-order valence-electron chi connectivity index (χ3n) is 2.91. The summed E-state index contributed by atoms with van der Waals surface area (Å²) >= 11 is 0. The van der Waals surface area contributed by atoms with Crippen LogP contribution in [0.4, 0.5) is 0 Å². The van der Waals surface area contributed by atoms with Crippen LogP contribution in [-0.4, -0.2) is 29.3 Å². The number of nitrogens with zero attached hydrogens (tertiary/aromatic N) is 3. The maximum atomic E-state index is 11.6. The van der Waals surface area contributed by atoms with Gasteiger partial charge in [-0.2, -0.15) is 10.4 Å². The summed E-state index contributed by atoms with van der Waals surface area (Å²) in [5.41, 5.74) is 1.12. The highest BCUT2D eigenvalue weighted by Crippen LogP contribution is 2.22. The summed E-state index contributed by atoms with van der Waals surface area (Å²) in [6.45, 7) is 2.61. The molecule has 0 radical (unpaired) electrons. The highest BCUT2D eigenvalue weighted by Gasteiger charge is 2.17. The molecule has 6 heteroatoms. The van der Waals surface area contributed by atoms with Crippen molar-refractivity contribution in [1.82, 2.24) is 9.61 Å². The molecule has 0 fully saturated rings. The van der Waals surface area contributed by atoms with E-state index in [1.807, 2.05) is 0 Å². The number of carbonyl (C=O) groups excluding carboxylic acids is 1. The predicted molar refractivity (Wildman–Crippen MR) is 71.6 cm³/mol. The monoisotopic (exact) mass is 273 g/mol. The standard InChI is InChI=1S/C14H15N3O3/c1-3-4-7-20-13-6-5-11-10(14(18)19-2)9-16-17(11)12(13)8-15/h5-6,9H,3-4,7H2,1-2H3. The highest BCUT2D eigenvalue weighted by atomic mass is 16.5. The molecule has 2 rings (SSSR count). The fraction of sp³-hybridized carbons (Fsp3) is 0.357. The zero-order valence-corrected chi connectivity index (χ0v) is 11.4. The van der Waals surface area contributed by atoms with Gasteiger partial charge in [0.1, 0.15) is 11.6 Å². The van der Waals surface area contributed by atoms with E-state index in [9.17, 15) is 10.1 Å². The highest BCUT2D eigenvalue weighted by molar-refractivity contribution is 5.96. The Kier molecular flexibility index (Phi) is 4.20. The number of hydrogen-bond donors (Lipinski definition) is 0. The quantitative estimate of drug-likeness (QED) is 0.616. The lowest BCUT2D eigenvalue weighted by Crippen LogP contribution is -2.04. The Labute approximate surface area is 116 Å². The summed E-state index contributed by atoms with van der Waals surface area (Å²) in [5.74, 6) is -0.0171. The maximum Gasteiger partial charge on any atom is 0.341 e. The van der Waals surface area contributed by atoms with Crippen molar-refractivity contribution in [1.29, 1.82) is 5.26 Å². The number of pyridine rings is 1. The lowest BCUT2D eigenvalue weighted by atomic mass is 10.2. The molecule has 0 unspecified atom stereocenters. The average Bonchev–Trinajstić information content (AvgIpc) is 2.90. The van der Waals surface area contributed by atoms with E-state index >= 15 is 0 Å². The second kappa shape index (κ2) is 6.06. The van der Waals surface area contributed by atoms with Gasteiger partial charge in [0.15, 0.2) is 11.4 Å². The van der Waals surface area contributed by atoms with Crippen LogP contribution in [0.25, 0.3) is 5.52 Å². The topological polar surface area (TPSA) is 76.6 Å². The van der Waals surface area contributed by atoms with Crippen LogP contribution in [0.1, 0.15) is 35.8 Å². The van der Waals surface area contributed by atoms with Gasteiger partial charge < -0.3 is 9.47 Å². The van der Waals surface area contributed by atoms with E-state index in [1.54, 1.807) is 12.1 Å². The number of esters is 1. The lowest BCUT2D eigenvalue weighted by Gasteiger charge is -2.08. The molecule has 0 spiro atoms. The molecule has 20 heavy (non-hydrogen) atoms. The Balaban J connectivity index is 2.45. The van der Waals surface area contributed by atoms with Crippen LogP contribution < -0.4 is 4.74 Å². The van der Waals surface area contributed by atoms with E-state index in [4.69, 9.17) is 4.74 Å². The molecular weight excluding hydrogens is 258 g/mol. The van der Waals surface area contributed by atoms with Gasteiger partial charge in [-0.3, -0.25) is 0 Å². The molecule has 2 aromatic heterocycles. The summed E-state index contributed by atoms with van der Waals surface area (Å²) in [4.78, 5) is 11.6. The molecule has 0 atom stereocenters. The van der Waals surface area contributed by atoms with E-state index in [0.717, 1.165) is 12.8 Å². The second-order valence-corrected chi connectivity index (χ2v) is 4.21. The molecular formula is C14H15N3O3. The Morgan fingerprint density at radius 2 is 2.30 bits per heavy atom. The minimum absolute atomic E-state index is 0.272. The maximum absolute atomic E-state index is 11.6. The lowest BCUT2D eigenvalue weighted by molar-refractivity contribution is 0.0603. The number of ether oxygens (including phenoxy) is 2. The van der Waals surface area contributed by atoms with Crippen molar-refractivity contribution in [3.8, 4) is 11.8 Å². The van der Waals surface area contributed by atoms with Gasteiger partial charge in [-0.1, -0.05) is 13.3 Å². The molecule has 0 saturated heterocycles. The molecule has 0 aliphatic rings. The average molecular weight is 273 g/mol. The van der Waals surface area contributed by atoms with E-state index in [0.29, 0.717) is 23.4 Å². The number of hydrogen-bond acceptors (Lipinski definition) is 5. The van der Waals surface area contributed by atoms with Gasteiger partial charge in [0.2, 0.25) is 0 Å². The van der Waals surface area contributed by atoms with Crippen LogP contribution in [-0.2, 0) is 4.74 Å². The fourth-order valence-corrected chi connectivity index (χ4v) is 1.85. The van der Waals surface area contributed by atoms with Gasteiger partial charge in [0.25, 0.3) is 0 Å². The normalized spacial score (nSPS) is 10.2. The Bertz CT molecular complexity index is 670. The number of carbonyl (C=O) groups is 1. The summed E-state index contributed by atoms with van der Waals surface area (Å²) in [6, 6.07) is 5.43. The zero-order valence-electron chi connectivity index (χ0n) is 11.4. The third-order valence-corrected chi connectivity index (χ3v) is 2.91. The minimum atomic E-state index is -0.483. The fourth-order valence-electron chi connectivity index (χ4n) is 1.85. The molecule has 104 valence electrons. The molecule has 6 nitrogen and oxygen atoms in total. The number of aromatic nitrogens is 2. The number of methoxy groups -OCH3 is 1. The van der Waals surface area contributed by atoms with Crippen molar-refractivity contribution in [3.63, 3.8) is 0 Å². The molecule has 0 bridgehead atoms.